The molecule has 0 atom stereocenters. The minimum absolute atomic E-state index is 0.00693. The summed E-state index contributed by atoms with van der Waals surface area (Å²) >= 11 is 6.14. The van der Waals surface area contributed by atoms with Gasteiger partial charge in [-0.05, 0) is 56.7 Å². The van der Waals surface area contributed by atoms with E-state index in [0.717, 1.165) is 76.0 Å². The number of piperazine rings is 1. The highest BCUT2D eigenvalue weighted by atomic mass is 35.5. The standard InChI is InChI=1S/C23H33ClN6O2/c1-27-8-5-18(6-9-27)28(2)23-25-7-4-21(26-23)30-12-10-29(11-13-30)16-17-14-19(24)22(31)20(15-17)32-3/h4,7,14-15,18,31H,5-6,8-13,16H2,1-3H3. The van der Waals surface area contributed by atoms with Crippen LogP contribution in [0.3, 0.4) is 0 Å². The zero-order valence-corrected chi connectivity index (χ0v) is 19.9. The van der Waals surface area contributed by atoms with E-state index >= 15 is 0 Å². The molecule has 0 unspecified atom stereocenters. The van der Waals surface area contributed by atoms with Crippen LogP contribution in [0.15, 0.2) is 24.4 Å². The van der Waals surface area contributed by atoms with Gasteiger partial charge in [0.1, 0.15) is 5.82 Å². The zero-order chi connectivity index (χ0) is 22.7. The van der Waals surface area contributed by atoms with Gasteiger partial charge in [-0.15, -0.1) is 0 Å². The Bertz CT molecular complexity index is 913. The molecule has 2 aliphatic rings. The molecule has 0 amide bonds. The summed E-state index contributed by atoms with van der Waals surface area (Å²) in [6, 6.07) is 6.16. The molecule has 0 saturated carbocycles. The Labute approximate surface area is 195 Å². The lowest BCUT2D eigenvalue weighted by molar-refractivity contribution is 0.248. The summed E-state index contributed by atoms with van der Waals surface area (Å²) in [6.07, 6.45) is 4.16. The van der Waals surface area contributed by atoms with Crippen molar-refractivity contribution in [3.63, 3.8) is 0 Å². The van der Waals surface area contributed by atoms with Crippen molar-refractivity contribution >= 4 is 23.4 Å². The molecule has 2 aromatic rings. The summed E-state index contributed by atoms with van der Waals surface area (Å²) < 4.78 is 5.23. The third kappa shape index (κ3) is 5.19. The molecule has 1 N–H and O–H groups in total. The van der Waals surface area contributed by atoms with Gasteiger partial charge in [0.15, 0.2) is 11.5 Å². The van der Waals surface area contributed by atoms with Crippen molar-refractivity contribution in [2.45, 2.75) is 25.4 Å². The van der Waals surface area contributed by atoms with Gasteiger partial charge < -0.3 is 24.5 Å². The Balaban J connectivity index is 1.35. The molecular weight excluding hydrogens is 428 g/mol. The number of phenols is 1. The lowest BCUT2D eigenvalue weighted by Gasteiger charge is -2.37. The molecule has 4 rings (SSSR count). The number of methoxy groups -OCH3 is 1. The maximum Gasteiger partial charge on any atom is 0.227 e. The number of halogens is 1. The number of piperidine rings is 1. The van der Waals surface area contributed by atoms with E-state index < -0.39 is 0 Å². The molecule has 2 fully saturated rings. The van der Waals surface area contributed by atoms with Crippen LogP contribution < -0.4 is 14.5 Å². The summed E-state index contributed by atoms with van der Waals surface area (Å²) in [4.78, 5) is 18.8. The van der Waals surface area contributed by atoms with Crippen LogP contribution in [0.4, 0.5) is 11.8 Å². The van der Waals surface area contributed by atoms with Gasteiger partial charge in [-0.3, -0.25) is 4.90 Å². The van der Waals surface area contributed by atoms with Crippen molar-refractivity contribution in [2.24, 2.45) is 0 Å². The Morgan fingerprint density at radius 2 is 1.88 bits per heavy atom. The molecule has 32 heavy (non-hydrogen) atoms. The second-order valence-electron chi connectivity index (χ2n) is 8.75. The summed E-state index contributed by atoms with van der Waals surface area (Å²) in [7, 11) is 5.83. The van der Waals surface area contributed by atoms with Gasteiger partial charge in [-0.25, -0.2) is 4.98 Å². The lowest BCUT2D eigenvalue weighted by atomic mass is 10.0. The van der Waals surface area contributed by atoms with Crippen molar-refractivity contribution in [3.05, 3.63) is 35.0 Å². The number of rotatable bonds is 6. The van der Waals surface area contributed by atoms with Crippen LogP contribution in [-0.2, 0) is 6.54 Å². The maximum atomic E-state index is 9.95. The molecule has 0 bridgehead atoms. The highest BCUT2D eigenvalue weighted by Crippen LogP contribution is 2.35. The van der Waals surface area contributed by atoms with Crippen LogP contribution >= 0.6 is 11.6 Å². The summed E-state index contributed by atoms with van der Waals surface area (Å²) in [5, 5.41) is 10.3. The first-order chi connectivity index (χ1) is 15.4. The molecule has 1 aromatic carbocycles. The van der Waals surface area contributed by atoms with Crippen molar-refractivity contribution in [2.75, 3.05) is 70.3 Å². The second-order valence-corrected chi connectivity index (χ2v) is 9.16. The lowest BCUT2D eigenvalue weighted by Crippen LogP contribution is -2.46. The van der Waals surface area contributed by atoms with Crippen molar-refractivity contribution in [1.29, 1.82) is 0 Å². The first-order valence-corrected chi connectivity index (χ1v) is 11.6. The number of phenolic OH excluding ortho intramolecular Hbond substituents is 1. The van der Waals surface area contributed by atoms with Gasteiger partial charge >= 0.3 is 0 Å². The topological polar surface area (TPSA) is 68.2 Å². The van der Waals surface area contributed by atoms with E-state index in [4.69, 9.17) is 21.3 Å². The van der Waals surface area contributed by atoms with Crippen LogP contribution in [0.5, 0.6) is 11.5 Å². The van der Waals surface area contributed by atoms with E-state index in [1.807, 2.05) is 18.3 Å². The fourth-order valence-electron chi connectivity index (χ4n) is 4.50. The van der Waals surface area contributed by atoms with E-state index in [0.29, 0.717) is 16.8 Å². The summed E-state index contributed by atoms with van der Waals surface area (Å²) in [5.74, 6) is 2.20. The first kappa shape index (κ1) is 22.9. The monoisotopic (exact) mass is 460 g/mol. The van der Waals surface area contributed by atoms with Gasteiger partial charge in [0.25, 0.3) is 0 Å². The Hall–Kier alpha value is -2.29. The Morgan fingerprint density at radius 3 is 2.56 bits per heavy atom. The van der Waals surface area contributed by atoms with Crippen LogP contribution in [0.2, 0.25) is 5.02 Å². The molecule has 0 radical (unpaired) electrons. The van der Waals surface area contributed by atoms with E-state index in [1.54, 1.807) is 6.07 Å². The molecule has 2 aliphatic heterocycles. The number of likely N-dealkylation sites (tertiary alicyclic amines) is 1. The fraction of sp³-hybridized carbons (Fsp3) is 0.565. The van der Waals surface area contributed by atoms with E-state index in [9.17, 15) is 5.11 Å². The van der Waals surface area contributed by atoms with Gasteiger partial charge in [-0.1, -0.05) is 11.6 Å². The van der Waals surface area contributed by atoms with Crippen LogP contribution in [0.25, 0.3) is 0 Å². The fourth-order valence-corrected chi connectivity index (χ4v) is 4.73. The molecule has 2 saturated heterocycles. The highest BCUT2D eigenvalue weighted by Gasteiger charge is 2.24. The minimum atomic E-state index is -0.00693. The molecule has 0 aliphatic carbocycles. The predicted molar refractivity (Wildman–Crippen MR) is 128 cm³/mol. The third-order valence-corrected chi connectivity index (χ3v) is 6.88. The number of nitrogens with zero attached hydrogens (tertiary/aromatic N) is 6. The van der Waals surface area contributed by atoms with E-state index in [-0.39, 0.29) is 5.75 Å². The van der Waals surface area contributed by atoms with Gasteiger partial charge in [0.05, 0.1) is 12.1 Å². The van der Waals surface area contributed by atoms with Crippen molar-refractivity contribution in [1.82, 2.24) is 19.8 Å². The molecule has 1 aromatic heterocycles. The van der Waals surface area contributed by atoms with Gasteiger partial charge in [0.2, 0.25) is 5.95 Å². The smallest absolute Gasteiger partial charge is 0.227 e. The number of ether oxygens (including phenoxy) is 1. The molecule has 9 heteroatoms. The number of benzene rings is 1. The van der Waals surface area contributed by atoms with E-state index in [1.165, 1.54) is 7.11 Å². The quantitative estimate of drug-likeness (QED) is 0.705. The minimum Gasteiger partial charge on any atom is -0.503 e. The number of aromatic nitrogens is 2. The Kier molecular flexibility index (Phi) is 7.23. The maximum absolute atomic E-state index is 9.95. The summed E-state index contributed by atoms with van der Waals surface area (Å²) in [6.45, 7) is 6.65. The number of hydrogen-bond donors (Lipinski definition) is 1. The van der Waals surface area contributed by atoms with Crippen molar-refractivity contribution < 1.29 is 9.84 Å². The number of hydrogen-bond acceptors (Lipinski definition) is 8. The molecular formula is C23H33ClN6O2. The second kappa shape index (κ2) is 10.1. The SMILES string of the molecule is COc1cc(CN2CCN(c3ccnc(N(C)C4CCN(C)CC4)n3)CC2)cc(Cl)c1O. The van der Waals surface area contributed by atoms with Gasteiger partial charge in [0, 0.05) is 52.0 Å². The first-order valence-electron chi connectivity index (χ1n) is 11.2. The third-order valence-electron chi connectivity index (χ3n) is 6.59. The predicted octanol–water partition coefficient (Wildman–Crippen LogP) is 2.70. The normalized spacial score (nSPS) is 18.7. The van der Waals surface area contributed by atoms with Crippen LogP contribution in [0, 0.1) is 0 Å². The summed E-state index contributed by atoms with van der Waals surface area (Å²) in [5.41, 5.74) is 1.03. The average Bonchev–Trinajstić information content (AvgIpc) is 2.82. The largest absolute Gasteiger partial charge is 0.503 e. The molecule has 8 nitrogen and oxygen atoms in total. The molecule has 3 heterocycles. The van der Waals surface area contributed by atoms with Crippen molar-refractivity contribution in [3.8, 4) is 11.5 Å². The average molecular weight is 461 g/mol. The molecule has 0 spiro atoms. The number of aromatic hydroxyl groups is 1. The van der Waals surface area contributed by atoms with Gasteiger partial charge in [-0.2, -0.15) is 4.98 Å². The number of anilines is 2. The molecule has 174 valence electrons. The van der Waals surface area contributed by atoms with E-state index in [2.05, 4.69) is 38.7 Å². The van der Waals surface area contributed by atoms with Crippen LogP contribution in [-0.4, -0.2) is 91.4 Å². The Morgan fingerprint density at radius 1 is 1.16 bits per heavy atom. The highest BCUT2D eigenvalue weighted by molar-refractivity contribution is 6.32. The van der Waals surface area contributed by atoms with Crippen LogP contribution in [0.1, 0.15) is 18.4 Å². The zero-order valence-electron chi connectivity index (χ0n) is 19.2.